The molecule has 2 heterocycles. The van der Waals surface area contributed by atoms with Crippen molar-refractivity contribution in [2.24, 2.45) is 0 Å². The Kier molecular flexibility index (Phi) is 7.38. The van der Waals surface area contributed by atoms with E-state index >= 15 is 0 Å². The lowest BCUT2D eigenvalue weighted by Gasteiger charge is -2.05. The van der Waals surface area contributed by atoms with E-state index in [-0.39, 0.29) is 12.4 Å². The maximum absolute atomic E-state index is 12.4. The van der Waals surface area contributed by atoms with Gasteiger partial charge in [-0.05, 0) is 38.5 Å². The van der Waals surface area contributed by atoms with E-state index in [0.29, 0.717) is 31.6 Å². The van der Waals surface area contributed by atoms with Gasteiger partial charge in [-0.1, -0.05) is 28.1 Å². The number of ketones is 1. The van der Waals surface area contributed by atoms with Gasteiger partial charge in [0.1, 0.15) is 21.7 Å². The summed E-state index contributed by atoms with van der Waals surface area (Å²) in [4.78, 5) is 29.4. The summed E-state index contributed by atoms with van der Waals surface area (Å²) in [6, 6.07) is 9.89. The Morgan fingerprint density at radius 1 is 1.39 bits per heavy atom. The number of hydrogen-bond acceptors (Lipinski definition) is 8. The van der Waals surface area contributed by atoms with Crippen molar-refractivity contribution in [1.82, 2.24) is 4.98 Å². The molecule has 1 aromatic carbocycles. The Morgan fingerprint density at radius 3 is 2.81 bits per heavy atom. The quantitative estimate of drug-likeness (QED) is 0.225. The fourth-order valence-electron chi connectivity index (χ4n) is 2.86. The molecule has 0 radical (unpaired) electrons. The number of allylic oxidation sites excluding steroid dienone is 1. The zero-order chi connectivity index (χ0) is 22.5. The maximum Gasteiger partial charge on any atom is 0.341 e. The highest BCUT2D eigenvalue weighted by atomic mass is 79.9. The lowest BCUT2D eigenvalue weighted by molar-refractivity contribution is 0.0527. The third kappa shape index (κ3) is 5.10. The average Bonchev–Trinajstić information content (AvgIpc) is 3.34. The number of esters is 1. The van der Waals surface area contributed by atoms with E-state index in [0.717, 1.165) is 27.1 Å². The first kappa shape index (κ1) is 22.9. The van der Waals surface area contributed by atoms with Gasteiger partial charge in [0, 0.05) is 21.6 Å². The van der Waals surface area contributed by atoms with Gasteiger partial charge in [0.25, 0.3) is 0 Å². The molecule has 1 N–H and O–H groups in total. The summed E-state index contributed by atoms with van der Waals surface area (Å²) in [5, 5.41) is 15.6. The number of halogens is 1. The number of benzene rings is 1. The van der Waals surface area contributed by atoms with Gasteiger partial charge in [0.2, 0.25) is 0 Å². The van der Waals surface area contributed by atoms with Crippen molar-refractivity contribution in [3.8, 4) is 17.3 Å². The van der Waals surface area contributed by atoms with Crippen molar-refractivity contribution in [1.29, 1.82) is 5.26 Å². The highest BCUT2D eigenvalue weighted by molar-refractivity contribution is 9.10. The molecule has 6 nitrogen and oxygen atoms in total. The first-order chi connectivity index (χ1) is 14.8. The minimum atomic E-state index is -0.510. The standard InChI is InChI=1S/C22H18BrN3O3S2/c1-4-29-22(28)18-12(2)19(13(3)27)31-21(18)25-10-15(9-24)20-26-17(11-30-20)14-6-5-7-16(23)8-14/h5-8,10-11,25H,4H2,1-3H3/b15-10+. The monoisotopic (exact) mass is 515 g/mol. The SMILES string of the molecule is CCOC(=O)c1c(N/C=C(\C#N)c2nc(-c3cccc(Br)c3)cs2)sc(C(C)=O)c1C. The summed E-state index contributed by atoms with van der Waals surface area (Å²) >= 11 is 5.96. The van der Waals surface area contributed by atoms with Gasteiger partial charge in [-0.15, -0.1) is 22.7 Å². The van der Waals surface area contributed by atoms with Crippen LogP contribution in [0.4, 0.5) is 5.00 Å². The molecule has 2 aromatic heterocycles. The molecule has 0 unspecified atom stereocenters. The summed E-state index contributed by atoms with van der Waals surface area (Å²) in [7, 11) is 0. The van der Waals surface area contributed by atoms with Gasteiger partial charge >= 0.3 is 5.97 Å². The molecular weight excluding hydrogens is 498 g/mol. The number of nitrogens with one attached hydrogen (secondary N) is 1. The van der Waals surface area contributed by atoms with Crippen molar-refractivity contribution in [2.75, 3.05) is 11.9 Å². The van der Waals surface area contributed by atoms with E-state index in [1.54, 1.807) is 13.8 Å². The summed E-state index contributed by atoms with van der Waals surface area (Å²) in [5.74, 6) is -0.645. The van der Waals surface area contributed by atoms with Gasteiger partial charge in [0.15, 0.2) is 5.78 Å². The van der Waals surface area contributed by atoms with Crippen LogP contribution >= 0.6 is 38.6 Å². The number of anilines is 1. The summed E-state index contributed by atoms with van der Waals surface area (Å²) in [6.07, 6.45) is 1.50. The highest BCUT2D eigenvalue weighted by Gasteiger charge is 2.24. The Labute approximate surface area is 196 Å². The van der Waals surface area contributed by atoms with E-state index in [4.69, 9.17) is 4.74 Å². The number of nitrogens with zero attached hydrogens (tertiary/aromatic N) is 2. The third-order valence-electron chi connectivity index (χ3n) is 4.27. The Hall–Kier alpha value is -2.80. The molecule has 158 valence electrons. The van der Waals surface area contributed by atoms with Crippen LogP contribution in [0.1, 0.15) is 44.4 Å². The third-order valence-corrected chi connectivity index (χ3v) is 6.96. The Bertz CT molecular complexity index is 1220. The molecule has 0 atom stereocenters. The molecule has 0 aliphatic rings. The van der Waals surface area contributed by atoms with E-state index < -0.39 is 5.97 Å². The number of carbonyl (C=O) groups is 2. The topological polar surface area (TPSA) is 92.1 Å². The van der Waals surface area contributed by atoms with Crippen LogP contribution in [-0.2, 0) is 4.74 Å². The average molecular weight is 516 g/mol. The predicted molar refractivity (Wildman–Crippen MR) is 127 cm³/mol. The maximum atomic E-state index is 12.4. The molecule has 31 heavy (non-hydrogen) atoms. The fraction of sp³-hybridized carbons (Fsp3) is 0.182. The second-order valence-electron chi connectivity index (χ2n) is 6.40. The second kappa shape index (κ2) is 10.0. The van der Waals surface area contributed by atoms with Crippen molar-refractivity contribution >= 4 is 60.9 Å². The molecule has 0 saturated heterocycles. The van der Waals surface area contributed by atoms with E-state index in [1.807, 2.05) is 29.6 Å². The molecular formula is C22H18BrN3O3S2. The largest absolute Gasteiger partial charge is 0.462 e. The molecule has 9 heteroatoms. The number of hydrogen-bond donors (Lipinski definition) is 1. The first-order valence-electron chi connectivity index (χ1n) is 9.25. The van der Waals surface area contributed by atoms with Gasteiger partial charge in [-0.2, -0.15) is 5.26 Å². The van der Waals surface area contributed by atoms with Crippen LogP contribution in [-0.4, -0.2) is 23.3 Å². The molecule has 0 bridgehead atoms. The van der Waals surface area contributed by atoms with Crippen LogP contribution in [0.25, 0.3) is 16.8 Å². The number of rotatable bonds is 7. The number of Topliss-reactive ketones (excluding diaryl/α,β-unsaturated/α-hetero) is 1. The summed E-state index contributed by atoms with van der Waals surface area (Å²) in [5.41, 5.74) is 2.89. The van der Waals surface area contributed by atoms with Crippen LogP contribution in [0, 0.1) is 18.3 Å². The van der Waals surface area contributed by atoms with Crippen LogP contribution in [0.15, 0.2) is 40.3 Å². The predicted octanol–water partition coefficient (Wildman–Crippen LogP) is 6.30. The van der Waals surface area contributed by atoms with Crippen molar-refractivity contribution in [3.63, 3.8) is 0 Å². The van der Waals surface area contributed by atoms with Gasteiger partial charge < -0.3 is 10.1 Å². The smallest absolute Gasteiger partial charge is 0.341 e. The minimum Gasteiger partial charge on any atom is -0.462 e. The van der Waals surface area contributed by atoms with Crippen LogP contribution in [0.2, 0.25) is 0 Å². The van der Waals surface area contributed by atoms with E-state index in [9.17, 15) is 14.9 Å². The van der Waals surface area contributed by atoms with Crippen LogP contribution in [0.5, 0.6) is 0 Å². The number of thiazole rings is 1. The van der Waals surface area contributed by atoms with Crippen molar-refractivity contribution in [2.45, 2.75) is 20.8 Å². The Balaban J connectivity index is 1.93. The van der Waals surface area contributed by atoms with E-state index in [1.165, 1.54) is 24.5 Å². The molecule has 0 spiro atoms. The molecule has 3 rings (SSSR count). The van der Waals surface area contributed by atoms with Gasteiger partial charge in [-0.25, -0.2) is 9.78 Å². The number of thiophene rings is 1. The molecule has 0 fully saturated rings. The van der Waals surface area contributed by atoms with Crippen LogP contribution < -0.4 is 5.32 Å². The lowest BCUT2D eigenvalue weighted by Crippen LogP contribution is -2.08. The summed E-state index contributed by atoms with van der Waals surface area (Å²) < 4.78 is 6.08. The first-order valence-corrected chi connectivity index (χ1v) is 11.7. The van der Waals surface area contributed by atoms with Crippen LogP contribution in [0.3, 0.4) is 0 Å². The van der Waals surface area contributed by atoms with Gasteiger partial charge in [-0.3, -0.25) is 4.79 Å². The molecule has 0 aliphatic heterocycles. The number of carbonyl (C=O) groups excluding carboxylic acids is 2. The number of aromatic nitrogens is 1. The minimum absolute atomic E-state index is 0.135. The Morgan fingerprint density at radius 2 is 2.16 bits per heavy atom. The molecule has 3 aromatic rings. The van der Waals surface area contributed by atoms with Crippen molar-refractivity contribution in [3.05, 3.63) is 61.3 Å². The summed E-state index contributed by atoms with van der Waals surface area (Å²) in [6.45, 7) is 5.11. The zero-order valence-electron chi connectivity index (χ0n) is 17.0. The van der Waals surface area contributed by atoms with Crippen molar-refractivity contribution < 1.29 is 14.3 Å². The number of nitriles is 1. The highest BCUT2D eigenvalue weighted by Crippen LogP contribution is 2.35. The second-order valence-corrected chi connectivity index (χ2v) is 9.19. The van der Waals surface area contributed by atoms with Gasteiger partial charge in [0.05, 0.1) is 22.7 Å². The normalized spacial score (nSPS) is 11.1. The fourth-order valence-corrected chi connectivity index (χ4v) is 5.11. The number of ether oxygens (including phenoxy) is 1. The lowest BCUT2D eigenvalue weighted by atomic mass is 10.1. The molecule has 0 saturated carbocycles. The molecule has 0 aliphatic carbocycles. The molecule has 0 amide bonds. The van der Waals surface area contributed by atoms with E-state index in [2.05, 4.69) is 32.3 Å². The zero-order valence-corrected chi connectivity index (χ0v) is 20.2.